The van der Waals surface area contributed by atoms with Gasteiger partial charge < -0.3 is 25.2 Å². The standard InChI is InChI=1S/C12H19N3O5S/c1-15(5-8(16)6-20-2)12(19)13-4-3-10-14-9(7-21-10)11(17)18/h7-8,16H,3-6H2,1-2H3,(H,13,19)(H,17,18). The number of amides is 2. The van der Waals surface area contributed by atoms with Crippen molar-refractivity contribution < 1.29 is 24.5 Å². The zero-order valence-electron chi connectivity index (χ0n) is 11.9. The number of aliphatic hydroxyl groups is 1. The van der Waals surface area contributed by atoms with Gasteiger partial charge in [0.1, 0.15) is 0 Å². The van der Waals surface area contributed by atoms with E-state index in [1.807, 2.05) is 0 Å². The fraction of sp³-hybridized carbons (Fsp3) is 0.583. The first kappa shape index (κ1) is 17.3. The van der Waals surface area contributed by atoms with E-state index in [0.29, 0.717) is 18.0 Å². The third-order valence-electron chi connectivity index (χ3n) is 2.58. The number of hydrogen-bond donors (Lipinski definition) is 3. The third-order valence-corrected chi connectivity index (χ3v) is 3.48. The third kappa shape index (κ3) is 6.06. The monoisotopic (exact) mass is 317 g/mol. The summed E-state index contributed by atoms with van der Waals surface area (Å²) < 4.78 is 4.78. The van der Waals surface area contributed by atoms with Crippen LogP contribution in [0.5, 0.6) is 0 Å². The van der Waals surface area contributed by atoms with Crippen LogP contribution in [0.4, 0.5) is 4.79 Å². The first-order valence-electron chi connectivity index (χ1n) is 6.27. The Hall–Kier alpha value is -1.71. The van der Waals surface area contributed by atoms with Gasteiger partial charge >= 0.3 is 12.0 Å². The molecule has 1 aromatic heterocycles. The van der Waals surface area contributed by atoms with Crippen LogP contribution in [0.25, 0.3) is 0 Å². The number of aliphatic hydroxyl groups excluding tert-OH is 1. The number of hydrogen-bond acceptors (Lipinski definition) is 6. The first-order chi connectivity index (χ1) is 9.93. The van der Waals surface area contributed by atoms with Gasteiger partial charge in [0.25, 0.3) is 0 Å². The van der Waals surface area contributed by atoms with Crippen LogP contribution in [0.1, 0.15) is 15.5 Å². The van der Waals surface area contributed by atoms with Crippen molar-refractivity contribution in [3.05, 3.63) is 16.1 Å². The Morgan fingerprint density at radius 3 is 2.86 bits per heavy atom. The van der Waals surface area contributed by atoms with Crippen LogP contribution in [0.3, 0.4) is 0 Å². The lowest BCUT2D eigenvalue weighted by Gasteiger charge is -2.20. The average Bonchev–Trinajstić information content (AvgIpc) is 2.87. The topological polar surface area (TPSA) is 112 Å². The summed E-state index contributed by atoms with van der Waals surface area (Å²) in [7, 11) is 3.04. The summed E-state index contributed by atoms with van der Waals surface area (Å²) in [5.41, 5.74) is 0.0149. The molecule has 1 atom stereocenters. The molecule has 0 bridgehead atoms. The summed E-state index contributed by atoms with van der Waals surface area (Å²) in [6.07, 6.45) is -0.277. The van der Waals surface area contributed by atoms with E-state index in [0.717, 1.165) is 0 Å². The highest BCUT2D eigenvalue weighted by molar-refractivity contribution is 7.09. The number of urea groups is 1. The number of methoxy groups -OCH3 is 1. The molecule has 3 N–H and O–H groups in total. The number of carboxylic acid groups (broad SMARTS) is 1. The summed E-state index contributed by atoms with van der Waals surface area (Å²) >= 11 is 1.24. The van der Waals surface area contributed by atoms with Gasteiger partial charge in [-0.25, -0.2) is 14.6 Å². The number of aromatic nitrogens is 1. The van der Waals surface area contributed by atoms with Crippen LogP contribution >= 0.6 is 11.3 Å². The molecule has 9 heteroatoms. The number of aromatic carboxylic acids is 1. The minimum absolute atomic E-state index is 0.0149. The molecule has 0 aliphatic carbocycles. The minimum atomic E-state index is -1.06. The molecule has 118 valence electrons. The minimum Gasteiger partial charge on any atom is -0.476 e. The Bertz CT molecular complexity index is 479. The molecule has 21 heavy (non-hydrogen) atoms. The molecule has 0 aliphatic heterocycles. The van der Waals surface area contributed by atoms with Gasteiger partial charge in [-0.1, -0.05) is 0 Å². The largest absolute Gasteiger partial charge is 0.476 e. The van der Waals surface area contributed by atoms with E-state index in [1.165, 1.54) is 28.7 Å². The molecule has 1 heterocycles. The van der Waals surface area contributed by atoms with Gasteiger partial charge in [-0.3, -0.25) is 0 Å². The SMILES string of the molecule is COCC(O)CN(C)C(=O)NCCc1nc(C(=O)O)cs1. The average molecular weight is 317 g/mol. The van der Waals surface area contributed by atoms with Gasteiger partial charge in [-0.05, 0) is 0 Å². The molecule has 0 fully saturated rings. The second-order valence-electron chi connectivity index (χ2n) is 4.40. The van der Waals surface area contributed by atoms with E-state index in [4.69, 9.17) is 9.84 Å². The second-order valence-corrected chi connectivity index (χ2v) is 5.35. The lowest BCUT2D eigenvalue weighted by Crippen LogP contribution is -2.42. The van der Waals surface area contributed by atoms with Crippen molar-refractivity contribution in [1.29, 1.82) is 0 Å². The molecule has 0 spiro atoms. The van der Waals surface area contributed by atoms with Crippen LogP contribution in [-0.2, 0) is 11.2 Å². The smallest absolute Gasteiger partial charge is 0.355 e. The lowest BCUT2D eigenvalue weighted by molar-refractivity contribution is 0.0490. The number of carbonyl (C=O) groups excluding carboxylic acids is 1. The van der Waals surface area contributed by atoms with E-state index >= 15 is 0 Å². The van der Waals surface area contributed by atoms with Gasteiger partial charge in [0.05, 0.1) is 24.3 Å². The Morgan fingerprint density at radius 2 is 2.29 bits per heavy atom. The van der Waals surface area contributed by atoms with E-state index in [-0.39, 0.29) is 24.9 Å². The van der Waals surface area contributed by atoms with Crippen LogP contribution in [0, 0.1) is 0 Å². The molecule has 2 amide bonds. The maximum Gasteiger partial charge on any atom is 0.355 e. The van der Waals surface area contributed by atoms with Gasteiger partial charge in [0.2, 0.25) is 0 Å². The van der Waals surface area contributed by atoms with Gasteiger partial charge in [0, 0.05) is 32.5 Å². The van der Waals surface area contributed by atoms with Crippen molar-refractivity contribution in [2.24, 2.45) is 0 Å². The van der Waals surface area contributed by atoms with Crippen molar-refractivity contribution in [2.45, 2.75) is 12.5 Å². The summed E-state index contributed by atoms with van der Waals surface area (Å²) in [5, 5.41) is 23.0. The molecule has 1 unspecified atom stereocenters. The van der Waals surface area contributed by atoms with Crippen LogP contribution in [0.15, 0.2) is 5.38 Å². The van der Waals surface area contributed by atoms with E-state index in [9.17, 15) is 14.7 Å². The second kappa shape index (κ2) is 8.55. The summed E-state index contributed by atoms with van der Waals surface area (Å²) in [4.78, 5) is 27.7. The number of likely N-dealkylation sites (N-methyl/N-ethyl adjacent to an activating group) is 1. The fourth-order valence-electron chi connectivity index (χ4n) is 1.58. The van der Waals surface area contributed by atoms with Crippen LogP contribution < -0.4 is 5.32 Å². The molecule has 8 nitrogen and oxygen atoms in total. The summed E-state index contributed by atoms with van der Waals surface area (Å²) in [6, 6.07) is -0.319. The van der Waals surface area contributed by atoms with E-state index in [1.54, 1.807) is 7.05 Å². The number of carbonyl (C=O) groups is 2. The van der Waals surface area contributed by atoms with Gasteiger partial charge in [0.15, 0.2) is 5.69 Å². The van der Waals surface area contributed by atoms with Crippen LogP contribution in [-0.4, -0.2) is 72.1 Å². The number of carboxylic acids is 1. The Kier molecular flexibility index (Phi) is 7.06. The molecule has 0 radical (unpaired) electrons. The highest BCUT2D eigenvalue weighted by atomic mass is 32.1. The molecule has 0 aliphatic rings. The Labute approximate surface area is 126 Å². The quantitative estimate of drug-likeness (QED) is 0.624. The fourth-order valence-corrected chi connectivity index (χ4v) is 2.35. The van der Waals surface area contributed by atoms with Crippen molar-refractivity contribution in [2.75, 3.05) is 33.9 Å². The molecule has 0 saturated heterocycles. The summed E-state index contributed by atoms with van der Waals surface area (Å²) in [6.45, 7) is 0.672. The Balaban J connectivity index is 2.30. The lowest BCUT2D eigenvalue weighted by atomic mass is 10.3. The molecule has 0 saturated carbocycles. The molecule has 1 rings (SSSR count). The number of nitrogens with one attached hydrogen (secondary N) is 1. The molecule has 1 aromatic rings. The van der Waals surface area contributed by atoms with E-state index in [2.05, 4.69) is 10.3 Å². The first-order valence-corrected chi connectivity index (χ1v) is 7.15. The van der Waals surface area contributed by atoms with Crippen molar-refractivity contribution in [3.8, 4) is 0 Å². The predicted molar refractivity (Wildman–Crippen MR) is 76.7 cm³/mol. The molecule has 0 aromatic carbocycles. The highest BCUT2D eigenvalue weighted by Gasteiger charge is 2.13. The zero-order valence-corrected chi connectivity index (χ0v) is 12.7. The number of thiazole rings is 1. The molecular formula is C12H19N3O5S. The van der Waals surface area contributed by atoms with Crippen molar-refractivity contribution in [3.63, 3.8) is 0 Å². The number of rotatable bonds is 8. The number of nitrogens with zero attached hydrogens (tertiary/aromatic N) is 2. The number of ether oxygens (including phenoxy) is 1. The van der Waals surface area contributed by atoms with Crippen LogP contribution in [0.2, 0.25) is 0 Å². The van der Waals surface area contributed by atoms with Gasteiger partial charge in [-0.2, -0.15) is 0 Å². The zero-order chi connectivity index (χ0) is 15.8. The Morgan fingerprint density at radius 1 is 1.57 bits per heavy atom. The van der Waals surface area contributed by atoms with Crippen molar-refractivity contribution in [1.82, 2.24) is 15.2 Å². The highest BCUT2D eigenvalue weighted by Crippen LogP contribution is 2.09. The maximum absolute atomic E-state index is 11.7. The van der Waals surface area contributed by atoms with Crippen molar-refractivity contribution >= 4 is 23.3 Å². The van der Waals surface area contributed by atoms with Gasteiger partial charge in [-0.15, -0.1) is 11.3 Å². The maximum atomic E-state index is 11.7. The predicted octanol–water partition coefficient (Wildman–Crippen LogP) is 0.0325. The normalized spacial score (nSPS) is 12.0. The molecular weight excluding hydrogens is 298 g/mol. The van der Waals surface area contributed by atoms with E-state index < -0.39 is 12.1 Å². The summed E-state index contributed by atoms with van der Waals surface area (Å²) in [5.74, 6) is -1.06.